The van der Waals surface area contributed by atoms with Gasteiger partial charge in [0.1, 0.15) is 11.7 Å². The number of nitrogens with zero attached hydrogens (tertiary/aromatic N) is 5. The molecular weight excluding hydrogens is 394 g/mol. The largest absolute Gasteiger partial charge is 0.354 e. The van der Waals surface area contributed by atoms with E-state index in [9.17, 15) is 9.59 Å². The van der Waals surface area contributed by atoms with Crippen LogP contribution in [0.2, 0.25) is 0 Å². The van der Waals surface area contributed by atoms with Crippen LogP contribution in [0.4, 0.5) is 0 Å². The molecule has 0 spiro atoms. The van der Waals surface area contributed by atoms with E-state index in [2.05, 4.69) is 38.1 Å². The van der Waals surface area contributed by atoms with Gasteiger partial charge in [-0.05, 0) is 42.3 Å². The van der Waals surface area contributed by atoms with Crippen LogP contribution in [0.15, 0.2) is 55.5 Å². The van der Waals surface area contributed by atoms with E-state index >= 15 is 0 Å². The fourth-order valence-electron chi connectivity index (χ4n) is 3.97. The molecule has 31 heavy (non-hydrogen) atoms. The number of amides is 2. The molecule has 0 bridgehead atoms. The van der Waals surface area contributed by atoms with E-state index in [1.54, 1.807) is 23.2 Å². The highest BCUT2D eigenvalue weighted by Gasteiger charge is 2.36. The maximum atomic E-state index is 12.4. The molecule has 4 aromatic rings. The molecule has 1 aliphatic heterocycles. The van der Waals surface area contributed by atoms with Crippen molar-refractivity contribution in [3.63, 3.8) is 0 Å². The topological polar surface area (TPSA) is 108 Å². The highest BCUT2D eigenvalue weighted by molar-refractivity contribution is 5.97. The van der Waals surface area contributed by atoms with Gasteiger partial charge in [-0.2, -0.15) is 14.8 Å². The SMILES string of the molecule is C=CC(=O)N1CC[C@@H]1C(=O)NCCc1cc2c(-c3cnn4ncccc34)ccnc2[nH]1. The van der Waals surface area contributed by atoms with Crippen LogP contribution in [0.5, 0.6) is 0 Å². The number of carbonyl (C=O) groups is 2. The van der Waals surface area contributed by atoms with Crippen LogP contribution in [-0.2, 0) is 16.0 Å². The lowest BCUT2D eigenvalue weighted by atomic mass is 10.0. The summed E-state index contributed by atoms with van der Waals surface area (Å²) in [5, 5.41) is 12.5. The zero-order valence-corrected chi connectivity index (χ0v) is 16.8. The fraction of sp³-hybridized carbons (Fsp3) is 0.227. The number of H-pyrrole nitrogens is 1. The first kappa shape index (κ1) is 19.0. The molecule has 1 saturated heterocycles. The smallest absolute Gasteiger partial charge is 0.246 e. The van der Waals surface area contributed by atoms with Gasteiger partial charge < -0.3 is 15.2 Å². The Bertz CT molecular complexity index is 1310. The molecule has 9 heteroatoms. The maximum absolute atomic E-state index is 12.4. The Kier molecular flexibility index (Phi) is 4.70. The Balaban J connectivity index is 1.31. The van der Waals surface area contributed by atoms with Gasteiger partial charge in [0.25, 0.3) is 0 Å². The fourth-order valence-corrected chi connectivity index (χ4v) is 3.97. The first-order valence-corrected chi connectivity index (χ1v) is 10.1. The van der Waals surface area contributed by atoms with E-state index in [1.807, 2.05) is 18.2 Å². The molecule has 1 fully saturated rings. The van der Waals surface area contributed by atoms with Gasteiger partial charge >= 0.3 is 0 Å². The zero-order chi connectivity index (χ0) is 21.4. The Labute approximate surface area is 177 Å². The molecule has 1 atom stereocenters. The van der Waals surface area contributed by atoms with E-state index in [-0.39, 0.29) is 11.8 Å². The summed E-state index contributed by atoms with van der Waals surface area (Å²) in [6.07, 6.45) is 7.82. The van der Waals surface area contributed by atoms with Gasteiger partial charge in [0.15, 0.2) is 0 Å². The summed E-state index contributed by atoms with van der Waals surface area (Å²) in [7, 11) is 0. The standard InChI is InChI=1S/C22H21N7O2/c1-2-20(30)28-11-7-19(28)22(31)24-9-5-14-12-16-15(6-10-23-21(16)27-14)17-13-26-29-18(17)4-3-8-25-29/h2-4,6,8,10,12-13,19H,1,5,7,9,11H2,(H,23,27)(H,24,31)/t19-/m1/s1. The number of aromatic nitrogens is 5. The number of hydrogen-bond donors (Lipinski definition) is 2. The summed E-state index contributed by atoms with van der Waals surface area (Å²) < 4.78 is 1.60. The predicted octanol–water partition coefficient (Wildman–Crippen LogP) is 1.72. The van der Waals surface area contributed by atoms with Crippen LogP contribution >= 0.6 is 0 Å². The van der Waals surface area contributed by atoms with Gasteiger partial charge in [-0.3, -0.25) is 9.59 Å². The van der Waals surface area contributed by atoms with Crippen molar-refractivity contribution < 1.29 is 9.59 Å². The highest BCUT2D eigenvalue weighted by Crippen LogP contribution is 2.30. The number of aromatic amines is 1. The lowest BCUT2D eigenvalue weighted by Gasteiger charge is -2.39. The van der Waals surface area contributed by atoms with Crippen LogP contribution in [0.1, 0.15) is 12.1 Å². The van der Waals surface area contributed by atoms with E-state index in [0.29, 0.717) is 25.9 Å². The first-order valence-electron chi connectivity index (χ1n) is 10.1. The number of nitrogens with one attached hydrogen (secondary N) is 2. The quantitative estimate of drug-likeness (QED) is 0.466. The molecule has 2 amide bonds. The van der Waals surface area contributed by atoms with Crippen LogP contribution < -0.4 is 5.32 Å². The van der Waals surface area contributed by atoms with Gasteiger partial charge in [0.2, 0.25) is 11.8 Å². The van der Waals surface area contributed by atoms with Crippen molar-refractivity contribution >= 4 is 28.4 Å². The number of likely N-dealkylation sites (tertiary alicyclic amines) is 1. The van der Waals surface area contributed by atoms with Crippen molar-refractivity contribution in [1.82, 2.24) is 35.0 Å². The van der Waals surface area contributed by atoms with Crippen LogP contribution in [0.25, 0.3) is 27.7 Å². The summed E-state index contributed by atoms with van der Waals surface area (Å²) in [6, 6.07) is 7.49. The normalized spacial score (nSPS) is 15.7. The maximum Gasteiger partial charge on any atom is 0.246 e. The van der Waals surface area contributed by atoms with Gasteiger partial charge in [-0.15, -0.1) is 0 Å². The molecule has 0 aliphatic carbocycles. The van der Waals surface area contributed by atoms with Crippen LogP contribution in [0, 0.1) is 0 Å². The predicted molar refractivity (Wildman–Crippen MR) is 115 cm³/mol. The van der Waals surface area contributed by atoms with Crippen LogP contribution in [-0.4, -0.2) is 60.6 Å². The molecule has 0 radical (unpaired) electrons. The number of hydrogen-bond acceptors (Lipinski definition) is 5. The van der Waals surface area contributed by atoms with Crippen molar-refractivity contribution in [2.75, 3.05) is 13.1 Å². The molecule has 0 unspecified atom stereocenters. The number of rotatable bonds is 6. The number of carbonyl (C=O) groups excluding carboxylic acids is 2. The Morgan fingerprint density at radius 3 is 2.97 bits per heavy atom. The van der Waals surface area contributed by atoms with E-state index in [4.69, 9.17) is 0 Å². The van der Waals surface area contributed by atoms with Crippen molar-refractivity contribution in [3.8, 4) is 11.1 Å². The molecule has 1 aliphatic rings. The minimum Gasteiger partial charge on any atom is -0.354 e. The molecule has 2 N–H and O–H groups in total. The zero-order valence-electron chi connectivity index (χ0n) is 16.8. The summed E-state index contributed by atoms with van der Waals surface area (Å²) >= 11 is 0. The lowest BCUT2D eigenvalue weighted by molar-refractivity contribution is -0.143. The van der Waals surface area contributed by atoms with Crippen molar-refractivity contribution in [2.24, 2.45) is 0 Å². The third-order valence-corrected chi connectivity index (χ3v) is 5.66. The monoisotopic (exact) mass is 415 g/mol. The van der Waals surface area contributed by atoms with Gasteiger partial charge in [-0.1, -0.05) is 6.58 Å². The minimum atomic E-state index is -0.397. The Morgan fingerprint density at radius 2 is 2.16 bits per heavy atom. The van der Waals surface area contributed by atoms with E-state index < -0.39 is 6.04 Å². The van der Waals surface area contributed by atoms with E-state index in [1.165, 1.54) is 11.0 Å². The molecular formula is C22H21N7O2. The molecule has 0 saturated carbocycles. The second-order valence-corrected chi connectivity index (χ2v) is 7.45. The third kappa shape index (κ3) is 3.33. The van der Waals surface area contributed by atoms with Crippen LogP contribution in [0.3, 0.4) is 0 Å². The van der Waals surface area contributed by atoms with Gasteiger partial charge in [0, 0.05) is 48.5 Å². The summed E-state index contributed by atoms with van der Waals surface area (Å²) in [5.74, 6) is -0.335. The number of pyridine rings is 1. The van der Waals surface area contributed by atoms with Gasteiger partial charge in [-0.25, -0.2) is 4.98 Å². The minimum absolute atomic E-state index is 0.129. The lowest BCUT2D eigenvalue weighted by Crippen LogP contribution is -2.58. The van der Waals surface area contributed by atoms with Crippen molar-refractivity contribution in [3.05, 3.63) is 61.2 Å². The number of fused-ring (bicyclic) bond motifs is 2. The molecule has 0 aromatic carbocycles. The summed E-state index contributed by atoms with van der Waals surface area (Å²) in [4.78, 5) is 33.4. The Morgan fingerprint density at radius 1 is 1.26 bits per heavy atom. The average molecular weight is 415 g/mol. The first-order chi connectivity index (χ1) is 15.2. The van der Waals surface area contributed by atoms with E-state index in [0.717, 1.165) is 33.4 Å². The average Bonchev–Trinajstić information content (AvgIpc) is 3.36. The van der Waals surface area contributed by atoms with Gasteiger partial charge in [0.05, 0.1) is 11.7 Å². The highest BCUT2D eigenvalue weighted by atomic mass is 16.2. The molecule has 9 nitrogen and oxygen atoms in total. The summed E-state index contributed by atoms with van der Waals surface area (Å²) in [5.41, 5.74) is 4.68. The molecule has 156 valence electrons. The van der Waals surface area contributed by atoms with Crippen molar-refractivity contribution in [1.29, 1.82) is 0 Å². The second-order valence-electron chi connectivity index (χ2n) is 7.45. The Hall–Kier alpha value is -4.01. The summed E-state index contributed by atoms with van der Waals surface area (Å²) in [6.45, 7) is 4.54. The van der Waals surface area contributed by atoms with Crippen molar-refractivity contribution in [2.45, 2.75) is 18.9 Å². The second kappa shape index (κ2) is 7.67. The molecule has 4 aromatic heterocycles. The third-order valence-electron chi connectivity index (χ3n) is 5.66. The molecule has 5 rings (SSSR count). The molecule has 5 heterocycles.